The molecule has 0 aliphatic carbocycles. The summed E-state index contributed by atoms with van der Waals surface area (Å²) in [6.07, 6.45) is 2.00. The van der Waals surface area contributed by atoms with Gasteiger partial charge in [0.2, 0.25) is 0 Å². The summed E-state index contributed by atoms with van der Waals surface area (Å²) in [5.74, 6) is -7.30. The molecule has 0 spiro atoms. The van der Waals surface area contributed by atoms with Gasteiger partial charge in [0.15, 0.2) is 0 Å². The van der Waals surface area contributed by atoms with Crippen molar-refractivity contribution in [3.8, 4) is 0 Å². The number of hydrogen-bond donors (Lipinski definition) is 7. The summed E-state index contributed by atoms with van der Waals surface area (Å²) in [7, 11) is 0. The second kappa shape index (κ2) is 26.8. The summed E-state index contributed by atoms with van der Waals surface area (Å²) in [6, 6.07) is 0. The Bertz CT molecular complexity index is 265. The molecule has 0 saturated carbocycles. The molecule has 0 aliphatic heterocycles. The molecule has 129 valence electrons. The Morgan fingerprint density at radius 2 is 0.810 bits per heavy atom. The van der Waals surface area contributed by atoms with Gasteiger partial charge in [-0.1, -0.05) is 7.43 Å². The molecule has 0 atom stereocenters. The van der Waals surface area contributed by atoms with Crippen LogP contribution in [-0.2, 0) is 41.6 Å². The van der Waals surface area contributed by atoms with Gasteiger partial charge < -0.3 is 33.0 Å². The summed E-state index contributed by atoms with van der Waals surface area (Å²) in [4.78, 5) is 36.4. The molecule has 0 radical (unpaired) electrons. The fourth-order valence-electron chi connectivity index (χ4n) is 0. The maximum atomic E-state index is 9.10. The first kappa shape index (κ1) is 36.5. The SMILES string of the molecule is C.C[CH-]C.O=C(O)C(=O)O.O=C(O)C(=O)O.[NH4+].[O]=[Nb]([OH])[OH]. The first-order valence-electron chi connectivity index (χ1n) is 3.95. The van der Waals surface area contributed by atoms with Crippen molar-refractivity contribution in [2.24, 2.45) is 0 Å². The summed E-state index contributed by atoms with van der Waals surface area (Å²) in [6.45, 7) is 4.00. The molecule has 0 aromatic rings. The van der Waals surface area contributed by atoms with Gasteiger partial charge >= 0.3 is 53.6 Å². The van der Waals surface area contributed by atoms with Gasteiger partial charge in [-0.25, -0.2) is 19.2 Å². The van der Waals surface area contributed by atoms with Gasteiger partial charge in [0.1, 0.15) is 0 Å². The molecular formula is C8H21NNbO11. The van der Waals surface area contributed by atoms with Gasteiger partial charge in [-0.3, -0.25) is 0 Å². The van der Waals surface area contributed by atoms with Gasteiger partial charge in [0, 0.05) is 0 Å². The number of rotatable bonds is 0. The van der Waals surface area contributed by atoms with Crippen LogP contribution in [0, 0.1) is 6.42 Å². The van der Waals surface area contributed by atoms with Gasteiger partial charge in [-0.15, -0.1) is 0 Å². The van der Waals surface area contributed by atoms with Crippen LogP contribution >= 0.6 is 0 Å². The van der Waals surface area contributed by atoms with E-state index in [9.17, 15) is 0 Å². The van der Waals surface area contributed by atoms with Crippen molar-refractivity contribution < 1.29 is 69.3 Å². The predicted molar refractivity (Wildman–Crippen MR) is 64.0 cm³/mol. The van der Waals surface area contributed by atoms with E-state index in [1.165, 1.54) is 0 Å². The third-order valence-electron chi connectivity index (χ3n) is 0.366. The normalized spacial score (nSPS) is 6.29. The number of aliphatic carboxylic acids is 4. The Hall–Kier alpha value is -1.70. The molecule has 13 heteroatoms. The molecule has 0 fully saturated rings. The van der Waals surface area contributed by atoms with E-state index < -0.39 is 43.1 Å². The van der Waals surface area contributed by atoms with Crippen molar-refractivity contribution in [1.29, 1.82) is 0 Å². The van der Waals surface area contributed by atoms with E-state index in [-0.39, 0.29) is 13.6 Å². The zero-order valence-electron chi connectivity index (χ0n) is 10.7. The van der Waals surface area contributed by atoms with Crippen LogP contribution in [0.3, 0.4) is 0 Å². The summed E-state index contributed by atoms with van der Waals surface area (Å²) in [5, 5.41) is 29.6. The average molecular weight is 400 g/mol. The van der Waals surface area contributed by atoms with Crippen molar-refractivity contribution in [3.63, 3.8) is 0 Å². The van der Waals surface area contributed by atoms with Gasteiger partial charge in [0.05, 0.1) is 0 Å². The number of carboxylic acid groups (broad SMARTS) is 4. The first-order chi connectivity index (χ1) is 8.43. The molecule has 0 amide bonds. The Balaban J connectivity index is -0.0000000358. The van der Waals surface area contributed by atoms with Crippen LogP contribution in [0.5, 0.6) is 0 Å². The van der Waals surface area contributed by atoms with Crippen LogP contribution in [0.15, 0.2) is 0 Å². The van der Waals surface area contributed by atoms with E-state index in [0.29, 0.717) is 0 Å². The Morgan fingerprint density at radius 3 is 0.810 bits per heavy atom. The molecule has 12 nitrogen and oxygen atoms in total. The van der Waals surface area contributed by atoms with Crippen LogP contribution in [0.1, 0.15) is 21.3 Å². The van der Waals surface area contributed by atoms with Gasteiger partial charge in [-0.05, 0) is 0 Å². The molecule has 0 aliphatic rings. The zero-order valence-corrected chi connectivity index (χ0v) is 12.9. The Kier molecular flexibility index (Phi) is 46.6. The van der Waals surface area contributed by atoms with E-state index in [1.807, 2.05) is 20.3 Å². The predicted octanol–water partition coefficient (Wildman–Crippen LogP) is -0.681. The van der Waals surface area contributed by atoms with E-state index >= 15 is 0 Å². The molecule has 0 unspecified atom stereocenters. The van der Waals surface area contributed by atoms with Crippen molar-refractivity contribution in [3.05, 3.63) is 6.42 Å². The molecule has 0 rings (SSSR count). The van der Waals surface area contributed by atoms with E-state index in [0.717, 1.165) is 0 Å². The zero-order chi connectivity index (χ0) is 16.6. The molecule has 0 saturated heterocycles. The fraction of sp³-hybridized carbons (Fsp3) is 0.375. The van der Waals surface area contributed by atoms with Crippen LogP contribution < -0.4 is 6.15 Å². The number of carboxylic acids is 4. The summed E-state index contributed by atoms with van der Waals surface area (Å²) in [5.41, 5.74) is 0. The van der Waals surface area contributed by atoms with E-state index in [1.54, 1.807) is 0 Å². The molecule has 10 N–H and O–H groups in total. The van der Waals surface area contributed by atoms with Crippen molar-refractivity contribution in [2.45, 2.75) is 21.3 Å². The quantitative estimate of drug-likeness (QED) is 0.152. The summed E-state index contributed by atoms with van der Waals surface area (Å²) >= 11 is -3.70. The number of hydrogen-bond acceptors (Lipinski definition) is 5. The Labute approximate surface area is 127 Å². The third-order valence-corrected chi connectivity index (χ3v) is 0.366. The molecule has 0 heterocycles. The van der Waals surface area contributed by atoms with E-state index in [4.69, 9.17) is 50.1 Å². The molecule has 0 aromatic heterocycles. The van der Waals surface area contributed by atoms with Gasteiger partial charge in [0.25, 0.3) is 0 Å². The number of carbonyl (C=O) groups is 4. The third kappa shape index (κ3) is 122. The number of quaternary nitrogens is 1. The van der Waals surface area contributed by atoms with Crippen LogP contribution in [0.2, 0.25) is 0 Å². The second-order valence-electron chi connectivity index (χ2n) is 2.05. The summed E-state index contributed by atoms with van der Waals surface area (Å²) < 4.78 is 23.3. The van der Waals surface area contributed by atoms with Crippen LogP contribution in [0.25, 0.3) is 0 Å². The van der Waals surface area contributed by atoms with Gasteiger partial charge in [-0.2, -0.15) is 13.8 Å². The van der Waals surface area contributed by atoms with Crippen LogP contribution in [0.4, 0.5) is 0 Å². The molecule has 0 aromatic carbocycles. The first-order valence-corrected chi connectivity index (χ1v) is 6.81. The monoisotopic (exact) mass is 400 g/mol. The second-order valence-corrected chi connectivity index (χ2v) is 3.29. The molecule has 21 heavy (non-hydrogen) atoms. The minimum atomic E-state index is -3.70. The topological polar surface area (TPSA) is 243 Å². The minimum absolute atomic E-state index is 0. The molecular weight excluding hydrogens is 379 g/mol. The van der Waals surface area contributed by atoms with Crippen molar-refractivity contribution >= 4 is 23.9 Å². The fourth-order valence-corrected chi connectivity index (χ4v) is 0. The Morgan fingerprint density at radius 1 is 0.762 bits per heavy atom. The van der Waals surface area contributed by atoms with Crippen molar-refractivity contribution in [1.82, 2.24) is 6.15 Å². The maximum absolute atomic E-state index is 9.10. The molecule has 0 bridgehead atoms. The standard InChI is InChI=1S/C3H7.2C2H2O4.CH4.H3N.Nb.2H2O.O/c1-3-2;2*3-1(4)2(5)6;;;;;;/h3H,1-2H3;2*(H,3,4)(H,5,6);1H4;1H3;;2*1H2;/q-1;;;;;+2;;;/p-1. The van der Waals surface area contributed by atoms with Crippen LogP contribution in [-0.4, -0.2) is 51.5 Å². The average Bonchev–Trinajstić information content (AvgIpc) is 2.18. The van der Waals surface area contributed by atoms with Crippen molar-refractivity contribution in [2.75, 3.05) is 0 Å². The van der Waals surface area contributed by atoms with E-state index in [2.05, 4.69) is 0 Å².